The van der Waals surface area contributed by atoms with Gasteiger partial charge < -0.3 is 5.32 Å². The maximum Gasteiger partial charge on any atom is 0.263 e. The van der Waals surface area contributed by atoms with Gasteiger partial charge in [-0.3, -0.25) is 4.79 Å². The van der Waals surface area contributed by atoms with Gasteiger partial charge in [-0.1, -0.05) is 6.07 Å². The molecule has 0 aliphatic carbocycles. The first-order chi connectivity index (χ1) is 6.56. The van der Waals surface area contributed by atoms with Crippen molar-refractivity contribution in [3.63, 3.8) is 0 Å². The Morgan fingerprint density at radius 2 is 2.07 bits per heavy atom. The summed E-state index contributed by atoms with van der Waals surface area (Å²) in [5, 5.41) is 2.20. The maximum absolute atomic E-state index is 13.1. The minimum atomic E-state index is -2.73. The molecule has 0 saturated heterocycles. The summed E-state index contributed by atoms with van der Waals surface area (Å²) in [5.74, 6) is -1.58. The third-order valence-electron chi connectivity index (χ3n) is 1.72. The van der Waals surface area contributed by atoms with Crippen LogP contribution >= 0.6 is 0 Å². The molecule has 1 amide bonds. The Morgan fingerprint density at radius 3 is 2.50 bits per heavy atom. The van der Waals surface area contributed by atoms with Gasteiger partial charge in [-0.15, -0.1) is 0 Å². The highest BCUT2D eigenvalue weighted by Crippen LogP contribution is 2.20. The van der Waals surface area contributed by atoms with Crippen LogP contribution in [0.5, 0.6) is 0 Å². The van der Waals surface area contributed by atoms with E-state index in [1.807, 2.05) is 0 Å². The Labute approximate surface area is 78.7 Å². The summed E-state index contributed by atoms with van der Waals surface area (Å²) in [6, 6.07) is 2.73. The number of halogens is 3. The molecule has 0 saturated carbocycles. The molecular weight excluding hydrogens is 195 g/mol. The van der Waals surface area contributed by atoms with Crippen molar-refractivity contribution < 1.29 is 18.0 Å². The molecule has 0 aliphatic heterocycles. The molecule has 0 fully saturated rings. The molecule has 76 valence electrons. The molecule has 0 aromatic heterocycles. The summed E-state index contributed by atoms with van der Waals surface area (Å²) in [6.45, 7) is 0. The number of benzene rings is 1. The molecule has 5 heteroatoms. The topological polar surface area (TPSA) is 29.1 Å². The standard InChI is InChI=1S/C9H8F3NO/c1-13-9(14)6-3-2-5(8(11)12)4-7(6)10/h2-4,8H,1H3,(H,13,14). The van der Waals surface area contributed by atoms with E-state index in [4.69, 9.17) is 0 Å². The van der Waals surface area contributed by atoms with Crippen LogP contribution in [0.1, 0.15) is 22.3 Å². The molecule has 14 heavy (non-hydrogen) atoms. The van der Waals surface area contributed by atoms with Crippen LogP contribution in [-0.4, -0.2) is 13.0 Å². The average molecular weight is 203 g/mol. The fourth-order valence-corrected chi connectivity index (χ4v) is 0.986. The number of alkyl halides is 2. The number of carbonyl (C=O) groups excluding carboxylic acids is 1. The van der Waals surface area contributed by atoms with Gasteiger partial charge in [0, 0.05) is 12.6 Å². The first-order valence-electron chi connectivity index (χ1n) is 3.86. The molecule has 0 unspecified atom stereocenters. The van der Waals surface area contributed by atoms with Crippen LogP contribution in [0.25, 0.3) is 0 Å². The van der Waals surface area contributed by atoms with E-state index in [0.717, 1.165) is 12.1 Å². The van der Waals surface area contributed by atoms with E-state index >= 15 is 0 Å². The van der Waals surface area contributed by atoms with Crippen molar-refractivity contribution in [1.29, 1.82) is 0 Å². The quantitative estimate of drug-likeness (QED) is 0.783. The predicted octanol–water partition coefficient (Wildman–Crippen LogP) is 2.12. The highest BCUT2D eigenvalue weighted by molar-refractivity contribution is 5.94. The van der Waals surface area contributed by atoms with Crippen LogP contribution in [0.4, 0.5) is 13.2 Å². The second-order valence-electron chi connectivity index (χ2n) is 2.62. The lowest BCUT2D eigenvalue weighted by Gasteiger charge is -2.04. The van der Waals surface area contributed by atoms with Crippen molar-refractivity contribution >= 4 is 5.91 Å². The Hall–Kier alpha value is -1.52. The predicted molar refractivity (Wildman–Crippen MR) is 44.7 cm³/mol. The molecule has 1 aromatic carbocycles. The van der Waals surface area contributed by atoms with Crippen LogP contribution in [0.2, 0.25) is 0 Å². The molecule has 1 rings (SSSR count). The lowest BCUT2D eigenvalue weighted by molar-refractivity contribution is 0.0958. The van der Waals surface area contributed by atoms with Gasteiger partial charge in [0.05, 0.1) is 5.56 Å². The summed E-state index contributed by atoms with van der Waals surface area (Å²) in [5.41, 5.74) is -0.674. The van der Waals surface area contributed by atoms with E-state index in [0.29, 0.717) is 6.07 Å². The van der Waals surface area contributed by atoms with Crippen molar-refractivity contribution in [1.82, 2.24) is 5.32 Å². The Bertz CT molecular complexity index is 352. The van der Waals surface area contributed by atoms with Gasteiger partial charge in [0.25, 0.3) is 12.3 Å². The number of carbonyl (C=O) groups is 1. The third-order valence-corrected chi connectivity index (χ3v) is 1.72. The lowest BCUT2D eigenvalue weighted by atomic mass is 10.1. The number of hydrogen-bond donors (Lipinski definition) is 1. The van der Waals surface area contributed by atoms with Gasteiger partial charge in [-0.2, -0.15) is 0 Å². The fourth-order valence-electron chi connectivity index (χ4n) is 0.986. The van der Waals surface area contributed by atoms with Crippen LogP contribution in [0.3, 0.4) is 0 Å². The van der Waals surface area contributed by atoms with Crippen molar-refractivity contribution in [3.05, 3.63) is 35.1 Å². The van der Waals surface area contributed by atoms with Crippen LogP contribution < -0.4 is 5.32 Å². The van der Waals surface area contributed by atoms with Gasteiger partial charge in [0.15, 0.2) is 0 Å². The molecule has 0 spiro atoms. The van der Waals surface area contributed by atoms with Crippen LogP contribution in [0, 0.1) is 5.82 Å². The molecule has 2 nitrogen and oxygen atoms in total. The zero-order valence-electron chi connectivity index (χ0n) is 7.35. The minimum absolute atomic E-state index is 0.239. The number of rotatable bonds is 2. The lowest BCUT2D eigenvalue weighted by Crippen LogP contribution is -2.19. The summed E-state index contributed by atoms with van der Waals surface area (Å²) < 4.78 is 37.2. The highest BCUT2D eigenvalue weighted by atomic mass is 19.3. The molecule has 0 heterocycles. The number of hydrogen-bond acceptors (Lipinski definition) is 1. The van der Waals surface area contributed by atoms with Crippen molar-refractivity contribution in [2.24, 2.45) is 0 Å². The molecule has 0 aliphatic rings. The largest absolute Gasteiger partial charge is 0.355 e. The van der Waals surface area contributed by atoms with Gasteiger partial charge in [-0.25, -0.2) is 13.2 Å². The van der Waals surface area contributed by atoms with E-state index < -0.39 is 23.7 Å². The van der Waals surface area contributed by atoms with Gasteiger partial charge in [0.1, 0.15) is 5.82 Å². The Balaban J connectivity index is 3.07. The first-order valence-corrected chi connectivity index (χ1v) is 3.86. The summed E-state index contributed by atoms with van der Waals surface area (Å²) >= 11 is 0. The molecule has 0 atom stereocenters. The molecule has 0 radical (unpaired) electrons. The highest BCUT2D eigenvalue weighted by Gasteiger charge is 2.14. The van der Waals surface area contributed by atoms with E-state index in [-0.39, 0.29) is 5.56 Å². The monoisotopic (exact) mass is 203 g/mol. The zero-order chi connectivity index (χ0) is 10.7. The summed E-state index contributed by atoms with van der Waals surface area (Å²) in [6.07, 6.45) is -2.73. The molecule has 1 N–H and O–H groups in total. The number of amides is 1. The number of nitrogens with one attached hydrogen (secondary N) is 1. The van der Waals surface area contributed by atoms with E-state index in [9.17, 15) is 18.0 Å². The van der Waals surface area contributed by atoms with Crippen molar-refractivity contribution in [2.45, 2.75) is 6.43 Å². The normalized spacial score (nSPS) is 10.4. The smallest absolute Gasteiger partial charge is 0.263 e. The maximum atomic E-state index is 13.1. The second-order valence-corrected chi connectivity index (χ2v) is 2.62. The van der Waals surface area contributed by atoms with Gasteiger partial charge in [-0.05, 0) is 12.1 Å². The van der Waals surface area contributed by atoms with Gasteiger partial charge >= 0.3 is 0 Å². The van der Waals surface area contributed by atoms with Crippen molar-refractivity contribution in [2.75, 3.05) is 7.05 Å². The van der Waals surface area contributed by atoms with Crippen LogP contribution in [-0.2, 0) is 0 Å². The fraction of sp³-hybridized carbons (Fsp3) is 0.222. The van der Waals surface area contributed by atoms with E-state index in [2.05, 4.69) is 5.32 Å². The van der Waals surface area contributed by atoms with Gasteiger partial charge in [0.2, 0.25) is 0 Å². The zero-order valence-corrected chi connectivity index (χ0v) is 7.35. The molecular formula is C9H8F3NO. The molecule has 0 bridgehead atoms. The molecule has 1 aromatic rings. The van der Waals surface area contributed by atoms with E-state index in [1.54, 1.807) is 0 Å². The second kappa shape index (κ2) is 4.13. The van der Waals surface area contributed by atoms with Crippen molar-refractivity contribution in [3.8, 4) is 0 Å². The summed E-state index contributed by atoms with van der Waals surface area (Å²) in [4.78, 5) is 11.0. The average Bonchev–Trinajstić information content (AvgIpc) is 2.16. The Morgan fingerprint density at radius 1 is 1.43 bits per heavy atom. The third kappa shape index (κ3) is 2.04. The Kier molecular flexibility index (Phi) is 3.11. The SMILES string of the molecule is CNC(=O)c1ccc(C(F)F)cc1F. The summed E-state index contributed by atoms with van der Waals surface area (Å²) in [7, 11) is 1.34. The van der Waals surface area contributed by atoms with E-state index in [1.165, 1.54) is 7.05 Å². The minimum Gasteiger partial charge on any atom is -0.355 e. The first kappa shape index (κ1) is 10.6. The van der Waals surface area contributed by atoms with Crippen LogP contribution in [0.15, 0.2) is 18.2 Å².